The van der Waals surface area contributed by atoms with Crippen LogP contribution in [0.5, 0.6) is 0 Å². The molecule has 1 aromatic heterocycles. The highest BCUT2D eigenvalue weighted by molar-refractivity contribution is 7.98. The molecular formula is C12H18N4O3S. The zero-order chi connectivity index (χ0) is 15.0. The molecule has 0 radical (unpaired) electrons. The summed E-state index contributed by atoms with van der Waals surface area (Å²) < 4.78 is 0. The van der Waals surface area contributed by atoms with Crippen LogP contribution in [0.25, 0.3) is 0 Å². The summed E-state index contributed by atoms with van der Waals surface area (Å²) in [5.41, 5.74) is 0.00567. The third-order valence-corrected chi connectivity index (χ3v) is 3.18. The van der Waals surface area contributed by atoms with Crippen LogP contribution in [0.2, 0.25) is 0 Å². The minimum Gasteiger partial charge on any atom is -0.370 e. The quantitative estimate of drug-likeness (QED) is 0.432. The summed E-state index contributed by atoms with van der Waals surface area (Å²) in [5.74, 6) is 0.965. The number of hydrogen-bond donors (Lipinski definition) is 2. The van der Waals surface area contributed by atoms with Gasteiger partial charge in [-0.25, -0.2) is 4.98 Å². The van der Waals surface area contributed by atoms with Gasteiger partial charge in [-0.3, -0.25) is 14.9 Å². The van der Waals surface area contributed by atoms with Crippen molar-refractivity contribution in [3.8, 4) is 0 Å². The third kappa shape index (κ3) is 4.69. The summed E-state index contributed by atoms with van der Waals surface area (Å²) in [6.07, 6.45) is 3.99. The number of nitrogens with zero attached hydrogens (tertiary/aromatic N) is 2. The Morgan fingerprint density at radius 3 is 2.90 bits per heavy atom. The molecule has 0 spiro atoms. The number of rotatable bonds is 8. The Bertz CT molecular complexity index is 482. The second kappa shape index (κ2) is 8.36. The van der Waals surface area contributed by atoms with E-state index in [1.54, 1.807) is 11.8 Å². The van der Waals surface area contributed by atoms with Gasteiger partial charge in [0.15, 0.2) is 0 Å². The van der Waals surface area contributed by atoms with Gasteiger partial charge in [-0.05, 0) is 25.4 Å². The van der Waals surface area contributed by atoms with E-state index in [-0.39, 0.29) is 17.2 Å². The maximum Gasteiger partial charge on any atom is 0.288 e. The molecule has 8 heteroatoms. The van der Waals surface area contributed by atoms with E-state index in [0.29, 0.717) is 18.9 Å². The van der Waals surface area contributed by atoms with Crippen molar-refractivity contribution in [3.05, 3.63) is 27.9 Å². The molecule has 1 aromatic rings. The topological polar surface area (TPSA) is 97.2 Å². The number of thioether (sulfide) groups is 1. The van der Waals surface area contributed by atoms with Crippen molar-refractivity contribution in [2.24, 2.45) is 0 Å². The largest absolute Gasteiger partial charge is 0.370 e. The molecule has 20 heavy (non-hydrogen) atoms. The summed E-state index contributed by atoms with van der Waals surface area (Å²) in [6, 6.07) is 1.24. The van der Waals surface area contributed by atoms with Crippen molar-refractivity contribution in [3.63, 3.8) is 0 Å². The number of hydrogen-bond acceptors (Lipinski definition) is 6. The molecule has 0 saturated carbocycles. The first kappa shape index (κ1) is 16.2. The molecular weight excluding hydrogens is 280 g/mol. The molecule has 2 N–H and O–H groups in total. The minimum absolute atomic E-state index is 0.194. The normalized spacial score (nSPS) is 10.1. The fraction of sp³-hybridized carbons (Fsp3) is 0.500. The molecule has 0 aliphatic rings. The monoisotopic (exact) mass is 298 g/mol. The van der Waals surface area contributed by atoms with Crippen LogP contribution >= 0.6 is 11.8 Å². The molecule has 0 saturated heterocycles. The summed E-state index contributed by atoms with van der Waals surface area (Å²) in [5, 5.41) is 16.4. The Hall–Kier alpha value is -1.83. The Balaban J connectivity index is 2.85. The number of anilines is 1. The average Bonchev–Trinajstić information content (AvgIpc) is 2.44. The first-order valence-corrected chi connectivity index (χ1v) is 7.65. The van der Waals surface area contributed by atoms with Gasteiger partial charge in [-0.2, -0.15) is 11.8 Å². The average molecular weight is 298 g/mol. The number of pyridine rings is 1. The van der Waals surface area contributed by atoms with Crippen molar-refractivity contribution in [2.75, 3.05) is 30.4 Å². The molecule has 0 aliphatic carbocycles. The van der Waals surface area contributed by atoms with Crippen LogP contribution in [-0.2, 0) is 0 Å². The Morgan fingerprint density at radius 1 is 1.55 bits per heavy atom. The smallest absolute Gasteiger partial charge is 0.288 e. The number of nitro groups is 1. The van der Waals surface area contributed by atoms with Gasteiger partial charge in [-0.15, -0.1) is 0 Å². The standard InChI is InChI=1S/C12H18N4O3S/c1-3-13-11-10(7-9(8-15-11)16(18)19)12(17)14-5-4-6-20-2/h7-8H,3-6H2,1-2H3,(H,13,15)(H,14,17). The van der Waals surface area contributed by atoms with E-state index in [4.69, 9.17) is 0 Å². The van der Waals surface area contributed by atoms with Gasteiger partial charge in [0.2, 0.25) is 0 Å². The third-order valence-electron chi connectivity index (χ3n) is 2.48. The second-order valence-electron chi connectivity index (χ2n) is 3.98. The maximum absolute atomic E-state index is 12.1. The molecule has 1 rings (SSSR count). The van der Waals surface area contributed by atoms with E-state index in [1.807, 2.05) is 13.2 Å². The van der Waals surface area contributed by atoms with E-state index < -0.39 is 4.92 Å². The first-order chi connectivity index (χ1) is 9.60. The molecule has 0 atom stereocenters. The predicted octanol–water partition coefficient (Wildman–Crippen LogP) is 1.90. The van der Waals surface area contributed by atoms with Crippen LogP contribution in [0, 0.1) is 10.1 Å². The van der Waals surface area contributed by atoms with Crippen molar-refractivity contribution in [2.45, 2.75) is 13.3 Å². The lowest BCUT2D eigenvalue weighted by molar-refractivity contribution is -0.385. The molecule has 110 valence electrons. The van der Waals surface area contributed by atoms with Crippen molar-refractivity contribution < 1.29 is 9.72 Å². The van der Waals surface area contributed by atoms with Gasteiger partial charge in [0, 0.05) is 19.2 Å². The van der Waals surface area contributed by atoms with Gasteiger partial charge >= 0.3 is 0 Å². The predicted molar refractivity (Wildman–Crippen MR) is 80.4 cm³/mol. The highest BCUT2D eigenvalue weighted by Gasteiger charge is 2.17. The van der Waals surface area contributed by atoms with Gasteiger partial charge in [-0.1, -0.05) is 0 Å². The molecule has 7 nitrogen and oxygen atoms in total. The van der Waals surface area contributed by atoms with Crippen molar-refractivity contribution in [1.29, 1.82) is 0 Å². The van der Waals surface area contributed by atoms with Crippen molar-refractivity contribution >= 4 is 29.2 Å². The van der Waals surface area contributed by atoms with Gasteiger partial charge in [0.1, 0.15) is 12.0 Å². The van der Waals surface area contributed by atoms with E-state index in [0.717, 1.165) is 18.4 Å². The maximum atomic E-state index is 12.1. The number of aromatic nitrogens is 1. The van der Waals surface area contributed by atoms with E-state index in [1.165, 1.54) is 6.07 Å². The van der Waals surface area contributed by atoms with Crippen LogP contribution in [0.1, 0.15) is 23.7 Å². The zero-order valence-electron chi connectivity index (χ0n) is 11.5. The van der Waals surface area contributed by atoms with Gasteiger partial charge in [0.25, 0.3) is 11.6 Å². The lowest BCUT2D eigenvalue weighted by Gasteiger charge is -2.09. The highest BCUT2D eigenvalue weighted by Crippen LogP contribution is 2.19. The minimum atomic E-state index is -0.562. The van der Waals surface area contributed by atoms with Crippen LogP contribution in [0.4, 0.5) is 11.5 Å². The highest BCUT2D eigenvalue weighted by atomic mass is 32.2. The van der Waals surface area contributed by atoms with E-state index in [9.17, 15) is 14.9 Å². The van der Waals surface area contributed by atoms with Crippen LogP contribution < -0.4 is 10.6 Å². The van der Waals surface area contributed by atoms with Crippen LogP contribution in [-0.4, -0.2) is 40.9 Å². The number of carbonyl (C=O) groups excluding carboxylic acids is 1. The lowest BCUT2D eigenvalue weighted by atomic mass is 10.2. The van der Waals surface area contributed by atoms with E-state index in [2.05, 4.69) is 15.6 Å². The van der Waals surface area contributed by atoms with Crippen molar-refractivity contribution in [1.82, 2.24) is 10.3 Å². The van der Waals surface area contributed by atoms with Crippen LogP contribution in [0.3, 0.4) is 0 Å². The number of carbonyl (C=O) groups is 1. The molecule has 1 amide bonds. The Morgan fingerprint density at radius 2 is 2.30 bits per heavy atom. The fourth-order valence-electron chi connectivity index (χ4n) is 1.55. The Labute approximate surface area is 121 Å². The van der Waals surface area contributed by atoms with Gasteiger partial charge in [0.05, 0.1) is 10.5 Å². The molecule has 0 unspecified atom stereocenters. The number of amides is 1. The fourth-order valence-corrected chi connectivity index (χ4v) is 1.98. The van der Waals surface area contributed by atoms with E-state index >= 15 is 0 Å². The number of nitrogens with one attached hydrogen (secondary N) is 2. The Kier molecular flexibility index (Phi) is 6.78. The molecule has 0 bridgehead atoms. The SMILES string of the molecule is CCNc1ncc([N+](=O)[O-])cc1C(=O)NCCCSC. The molecule has 0 fully saturated rings. The lowest BCUT2D eigenvalue weighted by Crippen LogP contribution is -2.26. The molecule has 1 heterocycles. The zero-order valence-corrected chi connectivity index (χ0v) is 12.3. The molecule has 0 aliphatic heterocycles. The second-order valence-corrected chi connectivity index (χ2v) is 4.96. The summed E-state index contributed by atoms with van der Waals surface area (Å²) in [6.45, 7) is 2.98. The molecule has 0 aromatic carbocycles. The first-order valence-electron chi connectivity index (χ1n) is 6.25. The van der Waals surface area contributed by atoms with Gasteiger partial charge < -0.3 is 10.6 Å². The van der Waals surface area contributed by atoms with Crippen LogP contribution in [0.15, 0.2) is 12.3 Å². The summed E-state index contributed by atoms with van der Waals surface area (Å²) in [4.78, 5) is 26.2. The summed E-state index contributed by atoms with van der Waals surface area (Å²) >= 11 is 1.70. The summed E-state index contributed by atoms with van der Waals surface area (Å²) in [7, 11) is 0.